The fourth-order valence-electron chi connectivity index (χ4n) is 3.29. The first kappa shape index (κ1) is 20.0. The molecule has 0 saturated heterocycles. The van der Waals surface area contributed by atoms with Crippen molar-refractivity contribution in [1.29, 1.82) is 0 Å². The fourth-order valence-corrected chi connectivity index (χ4v) is 4.53. The van der Waals surface area contributed by atoms with Gasteiger partial charge >= 0.3 is 0 Å². The molecule has 2 aromatic rings. The number of fused-ring (bicyclic) bond motifs is 1. The van der Waals surface area contributed by atoms with Gasteiger partial charge in [0.1, 0.15) is 16.4 Å². The maximum Gasteiger partial charge on any atom is 0.265 e. The van der Waals surface area contributed by atoms with Crippen molar-refractivity contribution in [2.24, 2.45) is 0 Å². The molecule has 28 heavy (non-hydrogen) atoms. The van der Waals surface area contributed by atoms with Gasteiger partial charge in [0.05, 0.1) is 19.9 Å². The number of anilines is 2. The molecule has 1 aliphatic rings. The Hall–Kier alpha value is -2.74. The van der Waals surface area contributed by atoms with Gasteiger partial charge in [0.25, 0.3) is 10.0 Å². The molecule has 0 saturated carbocycles. The van der Waals surface area contributed by atoms with Gasteiger partial charge < -0.3 is 14.4 Å². The molecule has 0 radical (unpaired) electrons. The van der Waals surface area contributed by atoms with Gasteiger partial charge in [-0.25, -0.2) is 8.42 Å². The van der Waals surface area contributed by atoms with Gasteiger partial charge in [-0.05, 0) is 42.7 Å². The summed E-state index contributed by atoms with van der Waals surface area (Å²) < 4.78 is 38.8. The van der Waals surface area contributed by atoms with Gasteiger partial charge in [0.2, 0.25) is 5.91 Å². The normalized spacial score (nSPS) is 13.6. The lowest BCUT2D eigenvalue weighted by Crippen LogP contribution is -2.35. The molecule has 0 aromatic heterocycles. The predicted octanol–water partition coefficient (Wildman–Crippen LogP) is 3.19. The summed E-state index contributed by atoms with van der Waals surface area (Å²) in [4.78, 5) is 14.0. The third kappa shape index (κ3) is 3.91. The quantitative estimate of drug-likeness (QED) is 0.799. The van der Waals surface area contributed by atoms with Crippen molar-refractivity contribution in [3.05, 3.63) is 42.0 Å². The summed E-state index contributed by atoms with van der Waals surface area (Å²) in [7, 11) is -1.04. The van der Waals surface area contributed by atoms with Crippen LogP contribution in [0.4, 0.5) is 11.4 Å². The Bertz CT molecular complexity index is 988. The number of methoxy groups -OCH3 is 2. The number of nitrogens with zero attached hydrogens (tertiary/aromatic N) is 1. The lowest BCUT2D eigenvalue weighted by molar-refractivity contribution is -0.118. The van der Waals surface area contributed by atoms with Crippen molar-refractivity contribution in [3.8, 4) is 11.5 Å². The van der Waals surface area contributed by atoms with E-state index in [-0.39, 0.29) is 16.6 Å². The van der Waals surface area contributed by atoms with Crippen LogP contribution in [0, 0.1) is 0 Å². The number of amides is 1. The zero-order valence-electron chi connectivity index (χ0n) is 16.2. The molecule has 150 valence electrons. The second-order valence-electron chi connectivity index (χ2n) is 6.47. The van der Waals surface area contributed by atoms with E-state index in [0.717, 1.165) is 24.1 Å². The molecule has 1 amide bonds. The number of carbonyl (C=O) groups is 1. The van der Waals surface area contributed by atoms with Crippen LogP contribution >= 0.6 is 0 Å². The van der Waals surface area contributed by atoms with Crippen LogP contribution in [-0.2, 0) is 21.2 Å². The van der Waals surface area contributed by atoms with E-state index in [0.29, 0.717) is 24.4 Å². The molecule has 0 fully saturated rings. The van der Waals surface area contributed by atoms with Crippen LogP contribution in [0.1, 0.15) is 25.3 Å². The topological polar surface area (TPSA) is 84.9 Å². The number of carbonyl (C=O) groups excluding carboxylic acids is 1. The van der Waals surface area contributed by atoms with Crippen LogP contribution in [0.3, 0.4) is 0 Å². The minimum Gasteiger partial charge on any atom is -0.497 e. The largest absolute Gasteiger partial charge is 0.497 e. The second-order valence-corrected chi connectivity index (χ2v) is 8.12. The van der Waals surface area contributed by atoms with Crippen molar-refractivity contribution in [3.63, 3.8) is 0 Å². The average Bonchev–Trinajstić information content (AvgIpc) is 2.71. The second kappa shape index (κ2) is 8.10. The molecule has 8 heteroatoms. The molecule has 1 N–H and O–H groups in total. The number of rotatable bonds is 6. The number of nitrogens with one attached hydrogen (secondary N) is 1. The summed E-state index contributed by atoms with van der Waals surface area (Å²) in [5, 5.41) is 0. The van der Waals surface area contributed by atoms with Crippen molar-refractivity contribution in [1.82, 2.24) is 0 Å². The van der Waals surface area contributed by atoms with Gasteiger partial charge in [0.15, 0.2) is 0 Å². The molecule has 0 aliphatic carbocycles. The van der Waals surface area contributed by atoms with Crippen LogP contribution < -0.4 is 19.1 Å². The molecule has 2 aromatic carbocycles. The van der Waals surface area contributed by atoms with Crippen LogP contribution in [0.2, 0.25) is 0 Å². The van der Waals surface area contributed by atoms with E-state index < -0.39 is 10.0 Å². The van der Waals surface area contributed by atoms with Crippen LogP contribution in [0.15, 0.2) is 41.3 Å². The highest BCUT2D eigenvalue weighted by molar-refractivity contribution is 7.92. The minimum absolute atomic E-state index is 0.0199. The third-order valence-electron chi connectivity index (χ3n) is 4.72. The third-order valence-corrected chi connectivity index (χ3v) is 6.12. The number of benzene rings is 2. The predicted molar refractivity (Wildman–Crippen MR) is 108 cm³/mol. The Morgan fingerprint density at radius 1 is 1.14 bits per heavy atom. The van der Waals surface area contributed by atoms with Gasteiger partial charge in [-0.1, -0.05) is 13.0 Å². The van der Waals surface area contributed by atoms with Crippen molar-refractivity contribution >= 4 is 27.3 Å². The Kier molecular flexibility index (Phi) is 5.79. The highest BCUT2D eigenvalue weighted by Gasteiger charge is 2.24. The van der Waals surface area contributed by atoms with Crippen molar-refractivity contribution < 1.29 is 22.7 Å². The summed E-state index contributed by atoms with van der Waals surface area (Å²) in [5.74, 6) is 0.649. The molecule has 1 heterocycles. The zero-order valence-corrected chi connectivity index (χ0v) is 17.0. The number of ether oxygens (including phenoxy) is 2. The Balaban J connectivity index is 1.97. The maximum absolute atomic E-state index is 13.0. The molecule has 7 nitrogen and oxygen atoms in total. The Morgan fingerprint density at radius 3 is 2.61 bits per heavy atom. The van der Waals surface area contributed by atoms with E-state index in [1.165, 1.54) is 20.3 Å². The summed E-state index contributed by atoms with van der Waals surface area (Å²) in [6.45, 7) is 2.46. The fraction of sp³-hybridized carbons (Fsp3) is 0.350. The maximum atomic E-state index is 13.0. The monoisotopic (exact) mass is 404 g/mol. The number of aryl methyl sites for hydroxylation is 1. The number of sulfonamides is 1. The molecule has 3 rings (SSSR count). The van der Waals surface area contributed by atoms with Gasteiger partial charge in [-0.15, -0.1) is 0 Å². The number of hydrogen-bond acceptors (Lipinski definition) is 5. The van der Waals surface area contributed by atoms with Gasteiger partial charge in [0, 0.05) is 24.7 Å². The van der Waals surface area contributed by atoms with E-state index in [1.807, 2.05) is 13.0 Å². The molecular weight excluding hydrogens is 380 g/mol. The summed E-state index contributed by atoms with van der Waals surface area (Å²) in [6, 6.07) is 9.87. The first-order valence-corrected chi connectivity index (χ1v) is 10.6. The van der Waals surface area contributed by atoms with E-state index in [2.05, 4.69) is 4.72 Å². The smallest absolute Gasteiger partial charge is 0.265 e. The SMILES string of the molecule is CCC(=O)N1CCCc2ccc(NS(=O)(=O)c3cc(OC)ccc3OC)cc21. The zero-order chi connectivity index (χ0) is 20.3. The summed E-state index contributed by atoms with van der Waals surface area (Å²) >= 11 is 0. The summed E-state index contributed by atoms with van der Waals surface area (Å²) in [6.07, 6.45) is 2.15. The molecule has 1 aliphatic heterocycles. The summed E-state index contributed by atoms with van der Waals surface area (Å²) in [5.41, 5.74) is 2.19. The molecule has 0 bridgehead atoms. The standard InChI is InChI=1S/C20H24N2O5S/c1-4-20(23)22-11-5-6-14-7-8-15(12-17(14)22)21-28(24,25)19-13-16(26-2)9-10-18(19)27-3/h7-10,12-13,21H,4-6,11H2,1-3H3. The Labute approximate surface area is 165 Å². The molecule has 0 unspecified atom stereocenters. The van der Waals surface area contributed by atoms with E-state index >= 15 is 0 Å². The van der Waals surface area contributed by atoms with Gasteiger partial charge in [-0.2, -0.15) is 0 Å². The van der Waals surface area contributed by atoms with Gasteiger partial charge in [-0.3, -0.25) is 9.52 Å². The Morgan fingerprint density at radius 2 is 1.93 bits per heavy atom. The van der Waals surface area contributed by atoms with Crippen LogP contribution in [-0.4, -0.2) is 35.1 Å². The molecular formula is C20H24N2O5S. The molecule has 0 atom stereocenters. The van der Waals surface area contributed by atoms with E-state index in [1.54, 1.807) is 29.2 Å². The first-order chi connectivity index (χ1) is 13.4. The highest BCUT2D eigenvalue weighted by Crippen LogP contribution is 2.33. The van der Waals surface area contributed by atoms with Crippen molar-refractivity contribution in [2.75, 3.05) is 30.4 Å². The van der Waals surface area contributed by atoms with E-state index in [9.17, 15) is 13.2 Å². The first-order valence-electron chi connectivity index (χ1n) is 9.07. The molecule has 0 spiro atoms. The lowest BCUT2D eigenvalue weighted by Gasteiger charge is -2.30. The van der Waals surface area contributed by atoms with Crippen molar-refractivity contribution in [2.45, 2.75) is 31.1 Å². The van der Waals surface area contributed by atoms with Crippen LogP contribution in [0.25, 0.3) is 0 Å². The highest BCUT2D eigenvalue weighted by atomic mass is 32.2. The van der Waals surface area contributed by atoms with E-state index in [4.69, 9.17) is 9.47 Å². The number of hydrogen-bond donors (Lipinski definition) is 1. The minimum atomic E-state index is -3.92. The lowest BCUT2D eigenvalue weighted by atomic mass is 10.0. The average molecular weight is 404 g/mol. The van der Waals surface area contributed by atoms with Crippen LogP contribution in [0.5, 0.6) is 11.5 Å².